The van der Waals surface area contributed by atoms with Gasteiger partial charge in [0.1, 0.15) is 22.8 Å². The van der Waals surface area contributed by atoms with Crippen LogP contribution in [0.4, 0.5) is 26.4 Å². The second kappa shape index (κ2) is 14.5. The highest BCUT2D eigenvalue weighted by Gasteiger charge is 2.34. The van der Waals surface area contributed by atoms with Gasteiger partial charge in [0.05, 0.1) is 6.20 Å². The van der Waals surface area contributed by atoms with Gasteiger partial charge >= 0.3 is 0 Å². The minimum absolute atomic E-state index is 0.0417. The first-order valence-electron chi connectivity index (χ1n) is 17.9. The van der Waals surface area contributed by atoms with Gasteiger partial charge in [0, 0.05) is 76.3 Å². The number of likely N-dealkylation sites (N-methyl/N-ethyl adjacent to an activating group) is 2. The molecule has 2 aliphatic heterocycles. The topological polar surface area (TPSA) is 115 Å². The summed E-state index contributed by atoms with van der Waals surface area (Å²) in [5.41, 5.74) is 0.818. The number of aromatic nitrogens is 4. The number of imidazole rings is 1. The Morgan fingerprint density at radius 2 is 1.27 bits per heavy atom. The Morgan fingerprint density at radius 1 is 0.735 bits per heavy atom. The number of carbonyl (C=O) groups is 2. The van der Waals surface area contributed by atoms with Gasteiger partial charge in [-0.2, -0.15) is 4.98 Å². The third-order valence-electron chi connectivity index (χ3n) is 11.1. The van der Waals surface area contributed by atoms with E-state index in [1.54, 1.807) is 6.20 Å². The lowest BCUT2D eigenvalue weighted by Crippen LogP contribution is -2.49. The first kappa shape index (κ1) is 33.6. The lowest BCUT2D eigenvalue weighted by molar-refractivity contribution is -0.139. The molecule has 2 aromatic heterocycles. The minimum Gasteiger partial charge on any atom is -0.351 e. The summed E-state index contributed by atoms with van der Waals surface area (Å²) in [7, 11) is 4.17. The third-order valence-corrected chi connectivity index (χ3v) is 11.1. The van der Waals surface area contributed by atoms with Crippen LogP contribution in [0.2, 0.25) is 0 Å². The number of piperazine rings is 2. The number of fused-ring (bicyclic) bond motifs is 1. The van der Waals surface area contributed by atoms with Crippen LogP contribution in [-0.2, 0) is 9.59 Å². The number of para-hydroxylation sites is 1. The van der Waals surface area contributed by atoms with Crippen LogP contribution in [0.3, 0.4) is 0 Å². The maximum Gasteiger partial charge on any atom is 0.225 e. The second-order valence-corrected chi connectivity index (χ2v) is 14.4. The number of hydrogen-bond donors (Lipinski definition) is 2. The smallest absolute Gasteiger partial charge is 0.225 e. The van der Waals surface area contributed by atoms with Crippen LogP contribution < -0.4 is 10.6 Å². The van der Waals surface area contributed by atoms with Crippen molar-refractivity contribution in [3.8, 4) is 0 Å². The van der Waals surface area contributed by atoms with Crippen LogP contribution >= 0.6 is 0 Å². The van der Waals surface area contributed by atoms with Crippen LogP contribution in [0.25, 0.3) is 11.2 Å². The second-order valence-electron chi connectivity index (χ2n) is 14.4. The van der Waals surface area contributed by atoms with E-state index in [4.69, 9.17) is 9.97 Å². The first-order chi connectivity index (χ1) is 23.7. The number of benzene rings is 1. The third kappa shape index (κ3) is 7.35. The van der Waals surface area contributed by atoms with E-state index < -0.39 is 11.6 Å². The van der Waals surface area contributed by atoms with Gasteiger partial charge in [-0.3, -0.25) is 14.2 Å². The highest BCUT2D eigenvalue weighted by molar-refractivity contribution is 5.80. The summed E-state index contributed by atoms with van der Waals surface area (Å²) in [6.45, 7) is 6.71. The molecule has 14 heteroatoms. The molecule has 2 saturated heterocycles. The molecule has 2 amide bonds. The Morgan fingerprint density at radius 3 is 1.82 bits per heavy atom. The van der Waals surface area contributed by atoms with Crippen LogP contribution in [0.15, 0.2) is 24.4 Å². The number of hydrogen-bond acceptors (Lipinski definition) is 9. The molecule has 0 spiro atoms. The van der Waals surface area contributed by atoms with Crippen molar-refractivity contribution in [1.82, 2.24) is 39.1 Å². The van der Waals surface area contributed by atoms with Crippen molar-refractivity contribution < 1.29 is 18.4 Å². The summed E-state index contributed by atoms with van der Waals surface area (Å²) < 4.78 is 31.5. The molecule has 0 atom stereocenters. The molecule has 2 aliphatic carbocycles. The fourth-order valence-corrected chi connectivity index (χ4v) is 7.94. The first-order valence-corrected chi connectivity index (χ1v) is 17.9. The standard InChI is InChI=1S/C35H48F2N10O2/c1-43-14-18-45(19-15-43)32(48)23-6-10-25(11-7-23)39-34-38-22-29-31(42-34)47(35(40-29)41-30-27(36)4-3-5-28(30)37)26-12-8-24(9-13-26)33(49)46-20-16-44(2)17-21-46/h3-5,22-26H,6-21H2,1-2H3,(H,40,41)(H,38,39,42)/t23-,24-,25-,26+. The van der Waals surface area contributed by atoms with Crippen molar-refractivity contribution in [3.05, 3.63) is 36.0 Å². The number of anilines is 3. The molecule has 264 valence electrons. The average molecular weight is 679 g/mol. The molecule has 4 aliphatic rings. The molecule has 12 nitrogen and oxygen atoms in total. The molecule has 4 heterocycles. The van der Waals surface area contributed by atoms with E-state index in [2.05, 4.69) is 39.5 Å². The number of rotatable bonds is 7. The molecule has 0 bridgehead atoms. The maximum absolute atomic E-state index is 14.8. The van der Waals surface area contributed by atoms with Crippen LogP contribution in [-0.4, -0.2) is 123 Å². The fourth-order valence-electron chi connectivity index (χ4n) is 7.94. The zero-order chi connectivity index (χ0) is 34.1. The Hall–Kier alpha value is -3.91. The van der Waals surface area contributed by atoms with Crippen LogP contribution in [0.1, 0.15) is 57.4 Å². The van der Waals surface area contributed by atoms with Crippen molar-refractivity contribution >= 4 is 40.6 Å². The molecular weight excluding hydrogens is 630 g/mol. The van der Waals surface area contributed by atoms with Gasteiger partial charge in [0.2, 0.25) is 23.7 Å². The molecule has 2 saturated carbocycles. The Labute approximate surface area is 286 Å². The molecule has 0 unspecified atom stereocenters. The SMILES string of the molecule is CN1CCN(C(=O)[C@H]2CC[C@H](Nc3ncc4nc(Nc5c(F)cccc5F)n([C@H]5CC[C@@H](C(=O)N6CCN(C)CC6)CC5)c4n3)CC2)CC1. The molecular formula is C35H48F2N10O2. The summed E-state index contributed by atoms with van der Waals surface area (Å²) in [5.74, 6) is -0.156. The van der Waals surface area contributed by atoms with Crippen LogP contribution in [0.5, 0.6) is 0 Å². The van der Waals surface area contributed by atoms with E-state index in [9.17, 15) is 18.4 Å². The quantitative estimate of drug-likeness (QED) is 0.382. The predicted octanol–water partition coefficient (Wildman–Crippen LogP) is 4.10. The molecule has 3 aromatic rings. The van der Waals surface area contributed by atoms with E-state index in [0.717, 1.165) is 90.9 Å². The highest BCUT2D eigenvalue weighted by Crippen LogP contribution is 2.38. The van der Waals surface area contributed by atoms with Crippen LogP contribution in [0, 0.1) is 23.5 Å². The summed E-state index contributed by atoms with van der Waals surface area (Å²) in [6, 6.07) is 3.81. The maximum atomic E-state index is 14.8. The number of nitrogens with one attached hydrogen (secondary N) is 2. The van der Waals surface area contributed by atoms with Crippen molar-refractivity contribution in [3.63, 3.8) is 0 Å². The summed E-state index contributed by atoms with van der Waals surface area (Å²) >= 11 is 0. The number of nitrogens with zero attached hydrogens (tertiary/aromatic N) is 8. The largest absolute Gasteiger partial charge is 0.351 e. The van der Waals surface area contributed by atoms with Gasteiger partial charge in [0.15, 0.2) is 5.65 Å². The Kier molecular flexibility index (Phi) is 9.95. The Bertz CT molecular complexity index is 1620. The summed E-state index contributed by atoms with van der Waals surface area (Å²) in [6.07, 6.45) is 7.83. The predicted molar refractivity (Wildman–Crippen MR) is 183 cm³/mol. The van der Waals surface area contributed by atoms with E-state index in [-0.39, 0.29) is 41.4 Å². The molecule has 7 rings (SSSR count). The molecule has 2 N–H and O–H groups in total. The highest BCUT2D eigenvalue weighted by atomic mass is 19.1. The van der Waals surface area contributed by atoms with Crippen molar-refractivity contribution in [1.29, 1.82) is 0 Å². The van der Waals surface area contributed by atoms with E-state index in [1.807, 2.05) is 14.4 Å². The lowest BCUT2D eigenvalue weighted by atomic mass is 9.85. The zero-order valence-corrected chi connectivity index (χ0v) is 28.6. The monoisotopic (exact) mass is 678 g/mol. The van der Waals surface area contributed by atoms with E-state index >= 15 is 0 Å². The van der Waals surface area contributed by atoms with E-state index in [0.29, 0.717) is 35.9 Å². The summed E-state index contributed by atoms with van der Waals surface area (Å²) in [5, 5.41) is 6.42. The van der Waals surface area contributed by atoms with Gasteiger partial charge in [-0.25, -0.2) is 18.7 Å². The van der Waals surface area contributed by atoms with E-state index in [1.165, 1.54) is 18.2 Å². The number of carbonyl (C=O) groups excluding carboxylic acids is 2. The van der Waals surface area contributed by atoms with Gasteiger partial charge in [-0.15, -0.1) is 0 Å². The molecule has 0 radical (unpaired) electrons. The molecule has 4 fully saturated rings. The minimum atomic E-state index is -0.713. The number of amides is 2. The fraction of sp³-hybridized carbons (Fsp3) is 0.629. The zero-order valence-electron chi connectivity index (χ0n) is 28.6. The van der Waals surface area contributed by atoms with Gasteiger partial charge in [-0.05, 0) is 77.6 Å². The normalized spacial score (nSPS) is 25.8. The average Bonchev–Trinajstić information content (AvgIpc) is 3.47. The number of halogens is 2. The Balaban J connectivity index is 1.07. The molecule has 49 heavy (non-hydrogen) atoms. The van der Waals surface area contributed by atoms with Gasteiger partial charge in [0.25, 0.3) is 0 Å². The van der Waals surface area contributed by atoms with Crippen molar-refractivity contribution in [2.45, 2.75) is 63.5 Å². The molecule has 1 aromatic carbocycles. The van der Waals surface area contributed by atoms with Crippen molar-refractivity contribution in [2.24, 2.45) is 11.8 Å². The van der Waals surface area contributed by atoms with Gasteiger partial charge < -0.3 is 30.2 Å². The van der Waals surface area contributed by atoms with Gasteiger partial charge in [-0.1, -0.05) is 6.07 Å². The summed E-state index contributed by atoms with van der Waals surface area (Å²) in [4.78, 5) is 49.2. The lowest BCUT2D eigenvalue weighted by Gasteiger charge is -2.37. The van der Waals surface area contributed by atoms with Crippen molar-refractivity contribution in [2.75, 3.05) is 77.1 Å².